The molecule has 3 aromatic heterocycles. The first-order valence-corrected chi connectivity index (χ1v) is 17.1. The molecule has 1 aliphatic carbocycles. The van der Waals surface area contributed by atoms with E-state index >= 15 is 0 Å². The summed E-state index contributed by atoms with van der Waals surface area (Å²) in [6.07, 6.45) is 5.77. The molecule has 0 spiro atoms. The molecule has 1 fully saturated rings. The van der Waals surface area contributed by atoms with Gasteiger partial charge in [-0.05, 0) is 82.2 Å². The fraction of sp³-hybridized carbons (Fsp3) is 0.562. The number of fused-ring (bicyclic) bond motifs is 1. The summed E-state index contributed by atoms with van der Waals surface area (Å²) >= 11 is 2.94. The van der Waals surface area contributed by atoms with E-state index in [1.54, 1.807) is 0 Å². The van der Waals surface area contributed by atoms with E-state index in [0.29, 0.717) is 52.8 Å². The topological polar surface area (TPSA) is 142 Å². The molecule has 4 heterocycles. The van der Waals surface area contributed by atoms with Gasteiger partial charge in [-0.3, -0.25) is 19.4 Å². The van der Waals surface area contributed by atoms with Gasteiger partial charge in [-0.1, -0.05) is 6.92 Å². The number of likely N-dealkylation sites (N-methyl/N-ethyl adjacent to an activating group) is 1. The second kappa shape index (κ2) is 13.4. The number of carbonyl (C=O) groups excluding carboxylic acids is 2. The summed E-state index contributed by atoms with van der Waals surface area (Å²) in [7, 11) is 5.55. The molecule has 3 atom stereocenters. The van der Waals surface area contributed by atoms with Crippen LogP contribution in [0.3, 0.4) is 0 Å². The number of nitrogen functional groups attached to an aromatic ring is 1. The third-order valence-electron chi connectivity index (χ3n) is 9.27. The summed E-state index contributed by atoms with van der Waals surface area (Å²) in [5.41, 5.74) is 8.16. The van der Waals surface area contributed by atoms with Crippen molar-refractivity contribution in [2.75, 3.05) is 44.9 Å². The van der Waals surface area contributed by atoms with Crippen molar-refractivity contribution >= 4 is 45.5 Å². The maximum atomic E-state index is 12.4. The molecule has 240 valence electrons. The second-order valence-electron chi connectivity index (χ2n) is 12.4. The van der Waals surface area contributed by atoms with Crippen LogP contribution in [-0.4, -0.2) is 82.3 Å². The lowest BCUT2D eigenvalue weighted by atomic mass is 9.71. The Kier molecular flexibility index (Phi) is 9.77. The van der Waals surface area contributed by atoms with Crippen molar-refractivity contribution in [3.8, 4) is 23.5 Å². The van der Waals surface area contributed by atoms with Gasteiger partial charge in [0.1, 0.15) is 28.7 Å². The van der Waals surface area contributed by atoms with Crippen LogP contribution in [-0.2, 0) is 21.4 Å². The fourth-order valence-electron chi connectivity index (χ4n) is 6.49. The lowest BCUT2D eigenvalue weighted by Crippen LogP contribution is -2.38. The average Bonchev–Trinajstić information content (AvgIpc) is 3.75. The van der Waals surface area contributed by atoms with Crippen molar-refractivity contribution < 1.29 is 14.3 Å². The Labute approximate surface area is 273 Å². The summed E-state index contributed by atoms with van der Waals surface area (Å²) in [6, 6.07) is 6.54. The van der Waals surface area contributed by atoms with Crippen LogP contribution in [0, 0.1) is 11.3 Å². The molecule has 0 unspecified atom stereocenters. The van der Waals surface area contributed by atoms with Gasteiger partial charge in [-0.15, -0.1) is 11.3 Å². The lowest BCUT2D eigenvalue weighted by molar-refractivity contribution is -0.141. The van der Waals surface area contributed by atoms with Crippen molar-refractivity contribution in [3.63, 3.8) is 0 Å². The molecule has 2 N–H and O–H groups in total. The number of likely N-dealkylation sites (tertiary alicyclic amines) is 1. The van der Waals surface area contributed by atoms with Gasteiger partial charge >= 0.3 is 0 Å². The molecule has 0 bridgehead atoms. The maximum absolute atomic E-state index is 12.4. The number of nitrogens with zero attached hydrogens (tertiary/aromatic N) is 7. The number of thiophene rings is 1. The molecule has 11 nitrogen and oxygen atoms in total. The third-order valence-corrected chi connectivity index (χ3v) is 11.4. The lowest BCUT2D eigenvalue weighted by Gasteiger charge is -2.33. The number of hydrogen-bond donors (Lipinski definition) is 1. The SMILES string of the molecule is CC(=O)N(C)C(=O)CCCN(C)c1cc(O[C@@H](C)[C@@H]2CCCN2C)nc(-c2cc([C@]3(C)CCCc4sc(N)c(C#N)c43)sn2)n1. The van der Waals surface area contributed by atoms with E-state index in [0.717, 1.165) is 54.0 Å². The number of imide groups is 1. The van der Waals surface area contributed by atoms with Crippen LogP contribution >= 0.6 is 22.9 Å². The predicted molar refractivity (Wildman–Crippen MR) is 178 cm³/mol. The molecule has 2 aliphatic rings. The Morgan fingerprint density at radius 2 is 2.07 bits per heavy atom. The van der Waals surface area contributed by atoms with Gasteiger partial charge < -0.3 is 15.4 Å². The second-order valence-corrected chi connectivity index (χ2v) is 14.4. The van der Waals surface area contributed by atoms with Crippen LogP contribution in [0.2, 0.25) is 0 Å². The van der Waals surface area contributed by atoms with Gasteiger partial charge in [0.05, 0.1) is 5.56 Å². The van der Waals surface area contributed by atoms with Gasteiger partial charge in [-0.25, -0.2) is 4.98 Å². The molecular formula is C32H42N8O3S2. The highest BCUT2D eigenvalue weighted by Gasteiger charge is 2.40. The summed E-state index contributed by atoms with van der Waals surface area (Å²) in [6.45, 7) is 7.24. The molecule has 1 aliphatic heterocycles. The zero-order chi connectivity index (χ0) is 32.5. The fourth-order valence-corrected chi connectivity index (χ4v) is 8.58. The van der Waals surface area contributed by atoms with Crippen LogP contribution in [0.4, 0.5) is 10.8 Å². The van der Waals surface area contributed by atoms with Crippen LogP contribution in [0.5, 0.6) is 5.88 Å². The smallest absolute Gasteiger partial charge is 0.228 e. The summed E-state index contributed by atoms with van der Waals surface area (Å²) < 4.78 is 11.3. The molecule has 2 amide bonds. The number of amides is 2. The van der Waals surface area contributed by atoms with Gasteiger partial charge in [0, 0.05) is 61.3 Å². The van der Waals surface area contributed by atoms with Crippen molar-refractivity contribution in [1.29, 1.82) is 5.26 Å². The van der Waals surface area contributed by atoms with Crippen LogP contribution in [0.15, 0.2) is 12.1 Å². The summed E-state index contributed by atoms with van der Waals surface area (Å²) in [5, 5.41) is 10.5. The van der Waals surface area contributed by atoms with E-state index in [9.17, 15) is 14.9 Å². The molecule has 5 rings (SSSR count). The van der Waals surface area contributed by atoms with Crippen molar-refractivity contribution in [1.82, 2.24) is 24.1 Å². The number of nitrogens with two attached hydrogens (primary N) is 1. The Balaban J connectivity index is 1.44. The van der Waals surface area contributed by atoms with Crippen LogP contribution in [0.25, 0.3) is 11.5 Å². The van der Waals surface area contributed by atoms with Crippen LogP contribution < -0.4 is 15.4 Å². The third kappa shape index (κ3) is 6.68. The number of ether oxygens (including phenoxy) is 1. The van der Waals surface area contributed by atoms with Gasteiger partial charge in [-0.2, -0.15) is 14.6 Å². The number of aromatic nitrogens is 3. The summed E-state index contributed by atoms with van der Waals surface area (Å²) in [4.78, 5) is 41.3. The van der Waals surface area contributed by atoms with E-state index in [-0.39, 0.29) is 29.8 Å². The van der Waals surface area contributed by atoms with E-state index < -0.39 is 0 Å². The molecule has 0 saturated carbocycles. The number of aryl methyl sites for hydroxylation is 1. The number of nitriles is 1. The maximum Gasteiger partial charge on any atom is 0.228 e. The minimum absolute atomic E-state index is 0.0721. The average molecular weight is 651 g/mol. The highest BCUT2D eigenvalue weighted by atomic mass is 32.1. The molecular weight excluding hydrogens is 609 g/mol. The van der Waals surface area contributed by atoms with Gasteiger partial charge in [0.2, 0.25) is 17.7 Å². The summed E-state index contributed by atoms with van der Waals surface area (Å²) in [5.74, 6) is 1.11. The Bertz CT molecular complexity index is 1610. The number of hydrogen-bond acceptors (Lipinski definition) is 12. The minimum Gasteiger partial charge on any atom is -0.473 e. The minimum atomic E-state index is -0.377. The highest BCUT2D eigenvalue weighted by molar-refractivity contribution is 7.16. The predicted octanol–water partition coefficient (Wildman–Crippen LogP) is 4.84. The number of carbonyl (C=O) groups is 2. The zero-order valence-electron chi connectivity index (χ0n) is 26.9. The first kappa shape index (κ1) is 32.8. The molecule has 0 radical (unpaired) electrons. The highest BCUT2D eigenvalue weighted by Crippen LogP contribution is 2.50. The van der Waals surface area contributed by atoms with E-state index in [1.807, 2.05) is 24.1 Å². The monoisotopic (exact) mass is 650 g/mol. The quantitative estimate of drug-likeness (QED) is 0.324. The number of anilines is 2. The van der Waals surface area contributed by atoms with E-state index in [4.69, 9.17) is 24.8 Å². The van der Waals surface area contributed by atoms with Crippen molar-refractivity contribution in [2.24, 2.45) is 0 Å². The van der Waals surface area contributed by atoms with Crippen molar-refractivity contribution in [2.45, 2.75) is 83.3 Å². The normalized spacial score (nSPS) is 20.3. The van der Waals surface area contributed by atoms with Gasteiger partial charge in [0.25, 0.3) is 0 Å². The number of rotatable bonds is 10. The Morgan fingerprint density at radius 1 is 1.29 bits per heavy atom. The standard InChI is InChI=1S/C32H42N8O3S2/c1-19(23-10-8-14-38(23)4)43-27-17-26(39(5)15-9-12-28(42)40(6)20(2)41)35-31(36-27)22-16-25(45-37-22)32(3)13-7-11-24-29(32)21(18-33)30(34)44-24/h16-17,19,23H,7-15,34H2,1-6H3/t19-,23-,32-/m0/s1. The molecule has 3 aromatic rings. The van der Waals surface area contributed by atoms with Crippen LogP contribution in [0.1, 0.15) is 80.2 Å². The van der Waals surface area contributed by atoms with Gasteiger partial charge in [0.15, 0.2) is 5.82 Å². The van der Waals surface area contributed by atoms with E-state index in [2.05, 4.69) is 31.9 Å². The van der Waals surface area contributed by atoms with Crippen molar-refractivity contribution in [3.05, 3.63) is 33.0 Å². The first-order chi connectivity index (χ1) is 21.4. The molecule has 13 heteroatoms. The Hall–Kier alpha value is -3.60. The largest absolute Gasteiger partial charge is 0.473 e. The molecule has 1 saturated heterocycles. The molecule has 0 aromatic carbocycles. The zero-order valence-corrected chi connectivity index (χ0v) is 28.6. The Morgan fingerprint density at radius 3 is 2.76 bits per heavy atom. The van der Waals surface area contributed by atoms with E-state index in [1.165, 1.54) is 41.7 Å². The first-order valence-electron chi connectivity index (χ1n) is 15.5. The molecule has 45 heavy (non-hydrogen) atoms.